The van der Waals surface area contributed by atoms with Gasteiger partial charge < -0.3 is 9.64 Å². The van der Waals surface area contributed by atoms with E-state index < -0.39 is 16.8 Å². The molecule has 7 heteroatoms. The van der Waals surface area contributed by atoms with E-state index in [2.05, 4.69) is 0 Å². The van der Waals surface area contributed by atoms with Gasteiger partial charge >= 0.3 is 5.97 Å². The summed E-state index contributed by atoms with van der Waals surface area (Å²) in [7, 11) is 0. The van der Waals surface area contributed by atoms with Crippen LogP contribution in [-0.2, 0) is 14.4 Å². The van der Waals surface area contributed by atoms with E-state index in [1.165, 1.54) is 6.92 Å². The van der Waals surface area contributed by atoms with E-state index in [1.807, 2.05) is 24.3 Å². The molecule has 0 saturated heterocycles. The van der Waals surface area contributed by atoms with Crippen LogP contribution in [0.3, 0.4) is 0 Å². The summed E-state index contributed by atoms with van der Waals surface area (Å²) in [4.78, 5) is 38.5. The maximum atomic E-state index is 13.5. The molecule has 5 nitrogen and oxygen atoms in total. The fourth-order valence-corrected chi connectivity index (χ4v) is 5.93. The zero-order valence-electron chi connectivity index (χ0n) is 15.8. The first-order valence-corrected chi connectivity index (χ1v) is 10.5. The molecule has 4 aliphatic rings. The number of nitrogens with zero attached hydrogens (tertiary/aromatic N) is 1. The molecule has 29 heavy (non-hydrogen) atoms. The van der Waals surface area contributed by atoms with Gasteiger partial charge in [0.05, 0.1) is 11.1 Å². The van der Waals surface area contributed by atoms with Crippen LogP contribution in [0.15, 0.2) is 30.3 Å². The predicted octanol–water partition coefficient (Wildman–Crippen LogP) is 4.37. The summed E-state index contributed by atoms with van der Waals surface area (Å²) in [5.41, 5.74) is 0.745. The van der Waals surface area contributed by atoms with Gasteiger partial charge in [-0.3, -0.25) is 14.4 Å². The van der Waals surface area contributed by atoms with Crippen LogP contribution in [0.25, 0.3) is 10.8 Å². The van der Waals surface area contributed by atoms with Crippen molar-refractivity contribution >= 4 is 56.8 Å². The number of carbonyl (C=O) groups is 3. The van der Waals surface area contributed by atoms with E-state index in [9.17, 15) is 14.4 Å². The highest BCUT2D eigenvalue weighted by Gasteiger charge is 2.75. The Kier molecular flexibility index (Phi) is 4.03. The van der Waals surface area contributed by atoms with Gasteiger partial charge in [0, 0.05) is 42.1 Å². The van der Waals surface area contributed by atoms with Crippen LogP contribution in [0, 0.1) is 10.8 Å². The molecular formula is C22H19Cl2NO4. The predicted molar refractivity (Wildman–Crippen MR) is 111 cm³/mol. The van der Waals surface area contributed by atoms with Crippen LogP contribution < -0.4 is 9.64 Å². The number of alkyl halides is 1. The highest BCUT2D eigenvalue weighted by atomic mass is 35.5. The summed E-state index contributed by atoms with van der Waals surface area (Å²) < 4.78 is 5.46. The fourth-order valence-electron chi connectivity index (χ4n) is 5.48. The Bertz CT molecular complexity index is 1080. The highest BCUT2D eigenvalue weighted by Crippen LogP contribution is 2.75. The molecule has 0 radical (unpaired) electrons. The van der Waals surface area contributed by atoms with Crippen LogP contribution in [0.2, 0.25) is 0 Å². The van der Waals surface area contributed by atoms with Gasteiger partial charge in [-0.1, -0.05) is 24.3 Å². The Labute approximate surface area is 177 Å². The minimum atomic E-state index is -0.504. The summed E-state index contributed by atoms with van der Waals surface area (Å²) >= 11 is 12.0. The molecule has 3 aliphatic carbocycles. The van der Waals surface area contributed by atoms with Crippen molar-refractivity contribution in [3.8, 4) is 5.75 Å². The zero-order chi connectivity index (χ0) is 20.6. The van der Waals surface area contributed by atoms with Crippen molar-refractivity contribution in [2.45, 2.75) is 32.1 Å². The van der Waals surface area contributed by atoms with Crippen molar-refractivity contribution in [1.82, 2.24) is 0 Å². The smallest absolute Gasteiger partial charge is 0.308 e. The molecule has 6 rings (SSSR count). The van der Waals surface area contributed by atoms with Gasteiger partial charge in [0.15, 0.2) is 0 Å². The van der Waals surface area contributed by atoms with Crippen LogP contribution >= 0.6 is 23.2 Å². The fraction of sp³-hybridized carbons (Fsp3) is 0.409. The number of anilines is 1. The number of hydrogen-bond donors (Lipinski definition) is 0. The van der Waals surface area contributed by atoms with Crippen molar-refractivity contribution in [3.63, 3.8) is 0 Å². The first kappa shape index (κ1) is 18.9. The van der Waals surface area contributed by atoms with E-state index in [1.54, 1.807) is 11.0 Å². The molecule has 0 N–H and O–H groups in total. The first-order valence-electron chi connectivity index (χ1n) is 9.62. The second-order valence-electron chi connectivity index (χ2n) is 8.58. The number of halogens is 2. The molecule has 2 bridgehead atoms. The molecule has 1 unspecified atom stereocenters. The Hall–Kier alpha value is -2.11. The average Bonchev–Trinajstić information content (AvgIpc) is 2.97. The molecule has 0 aromatic heterocycles. The monoisotopic (exact) mass is 431 g/mol. The molecule has 2 aromatic carbocycles. The summed E-state index contributed by atoms with van der Waals surface area (Å²) in [6.07, 6.45) is 1.55. The lowest BCUT2D eigenvalue weighted by Crippen LogP contribution is -2.70. The second kappa shape index (κ2) is 6.19. The number of esters is 1. The largest absolute Gasteiger partial charge is 0.426 e. The number of benzene rings is 2. The topological polar surface area (TPSA) is 63.7 Å². The molecule has 2 aromatic rings. The van der Waals surface area contributed by atoms with E-state index in [4.69, 9.17) is 27.9 Å². The minimum Gasteiger partial charge on any atom is -0.426 e. The van der Waals surface area contributed by atoms with Crippen molar-refractivity contribution < 1.29 is 19.1 Å². The van der Waals surface area contributed by atoms with E-state index in [0.717, 1.165) is 22.0 Å². The number of amides is 1. The molecular weight excluding hydrogens is 413 g/mol. The number of rotatable bonds is 4. The molecule has 3 saturated carbocycles. The van der Waals surface area contributed by atoms with Crippen LogP contribution in [0.5, 0.6) is 5.75 Å². The third-order valence-electron chi connectivity index (χ3n) is 6.71. The van der Waals surface area contributed by atoms with Gasteiger partial charge in [-0.2, -0.15) is 0 Å². The van der Waals surface area contributed by atoms with Crippen molar-refractivity contribution in [2.24, 2.45) is 10.8 Å². The standard InChI is InChI=1S/C22H19Cl2NO4/c1-12(26)29-17-6-16-18(15-5-3-2-4-14(15)17)13(7-23)8-25(16)20(28)22-9-21(10-22,11-22)19(24)27/h2-6,13H,7-11H2,1H3. The average molecular weight is 432 g/mol. The molecule has 1 amide bonds. The van der Waals surface area contributed by atoms with E-state index in [-0.39, 0.29) is 17.1 Å². The maximum Gasteiger partial charge on any atom is 0.308 e. The number of hydrogen-bond acceptors (Lipinski definition) is 4. The van der Waals surface area contributed by atoms with Gasteiger partial charge in [-0.15, -0.1) is 11.6 Å². The summed E-state index contributed by atoms with van der Waals surface area (Å²) in [6, 6.07) is 9.46. The van der Waals surface area contributed by atoms with Crippen LogP contribution in [0.4, 0.5) is 5.69 Å². The minimum absolute atomic E-state index is 0.00946. The highest BCUT2D eigenvalue weighted by molar-refractivity contribution is 6.65. The summed E-state index contributed by atoms with van der Waals surface area (Å²) in [5, 5.41) is 1.42. The third-order valence-corrected chi connectivity index (χ3v) is 7.49. The Morgan fingerprint density at radius 2 is 1.79 bits per heavy atom. The van der Waals surface area contributed by atoms with E-state index >= 15 is 0 Å². The van der Waals surface area contributed by atoms with Crippen molar-refractivity contribution in [3.05, 3.63) is 35.9 Å². The van der Waals surface area contributed by atoms with Crippen molar-refractivity contribution in [1.29, 1.82) is 0 Å². The van der Waals surface area contributed by atoms with Gasteiger partial charge in [0.2, 0.25) is 11.1 Å². The van der Waals surface area contributed by atoms with E-state index in [0.29, 0.717) is 37.4 Å². The normalized spacial score (nSPS) is 29.1. The quantitative estimate of drug-likeness (QED) is 0.312. The molecule has 3 fully saturated rings. The van der Waals surface area contributed by atoms with Gasteiger partial charge in [0.25, 0.3) is 0 Å². The Morgan fingerprint density at radius 3 is 2.38 bits per heavy atom. The molecule has 1 atom stereocenters. The lowest BCUT2D eigenvalue weighted by molar-refractivity contribution is -0.199. The number of carbonyl (C=O) groups excluding carboxylic acids is 3. The van der Waals surface area contributed by atoms with Gasteiger partial charge in [-0.25, -0.2) is 0 Å². The first-order chi connectivity index (χ1) is 13.8. The molecule has 1 heterocycles. The molecule has 1 aliphatic heterocycles. The Balaban J connectivity index is 1.59. The lowest BCUT2D eigenvalue weighted by Gasteiger charge is -2.67. The van der Waals surface area contributed by atoms with Crippen molar-refractivity contribution in [2.75, 3.05) is 17.3 Å². The zero-order valence-corrected chi connectivity index (χ0v) is 17.3. The van der Waals surface area contributed by atoms with Crippen LogP contribution in [0.1, 0.15) is 37.7 Å². The molecule has 150 valence electrons. The maximum absolute atomic E-state index is 13.5. The number of ether oxygens (including phenoxy) is 1. The third kappa shape index (κ3) is 2.50. The van der Waals surface area contributed by atoms with Gasteiger partial charge in [0.1, 0.15) is 5.75 Å². The summed E-state index contributed by atoms with van der Waals surface area (Å²) in [5.74, 6) is 0.398. The van der Waals surface area contributed by atoms with Gasteiger partial charge in [-0.05, 0) is 41.8 Å². The lowest BCUT2D eigenvalue weighted by atomic mass is 9.35. The second-order valence-corrected chi connectivity index (χ2v) is 9.23. The molecule has 0 spiro atoms. The Morgan fingerprint density at radius 1 is 1.14 bits per heavy atom. The number of fused-ring (bicyclic) bond motifs is 3. The van der Waals surface area contributed by atoms with Crippen LogP contribution in [-0.4, -0.2) is 29.5 Å². The summed E-state index contributed by atoms with van der Waals surface area (Å²) in [6.45, 7) is 1.84. The SMILES string of the molecule is CC(=O)Oc1cc2c(c3ccccc13)C(CCl)CN2C(=O)C12CC(C(=O)Cl)(C1)C2.